The maximum atomic E-state index is 11.1. The van der Waals surface area contributed by atoms with Crippen molar-refractivity contribution in [3.05, 3.63) is 77.0 Å². The van der Waals surface area contributed by atoms with Gasteiger partial charge in [0, 0.05) is 49.3 Å². The summed E-state index contributed by atoms with van der Waals surface area (Å²) in [5, 5.41) is 3.65. The molecule has 0 saturated carbocycles. The van der Waals surface area contributed by atoms with Gasteiger partial charge in [-0.2, -0.15) is 0 Å². The molecule has 0 radical (unpaired) electrons. The van der Waals surface area contributed by atoms with E-state index in [1.807, 2.05) is 24.3 Å². The Morgan fingerprint density at radius 3 is 2.47 bits per heavy atom. The van der Waals surface area contributed by atoms with Gasteiger partial charge in [0.15, 0.2) is 5.82 Å². The van der Waals surface area contributed by atoms with Crippen LogP contribution in [0, 0.1) is 0 Å². The van der Waals surface area contributed by atoms with E-state index in [0.29, 0.717) is 5.56 Å². The zero-order chi connectivity index (χ0) is 23.2. The van der Waals surface area contributed by atoms with Gasteiger partial charge in [-0.15, -0.1) is 0 Å². The van der Waals surface area contributed by atoms with Gasteiger partial charge in [0.2, 0.25) is 0 Å². The molecule has 6 nitrogen and oxygen atoms in total. The quantitative estimate of drug-likeness (QED) is 0.381. The lowest BCUT2D eigenvalue weighted by Gasteiger charge is -2.30. The number of rotatable bonds is 9. The van der Waals surface area contributed by atoms with Crippen molar-refractivity contribution in [3.63, 3.8) is 0 Å². The third-order valence-electron chi connectivity index (χ3n) is 6.84. The molecule has 2 aliphatic rings. The van der Waals surface area contributed by atoms with Gasteiger partial charge in [-0.3, -0.25) is 9.69 Å². The number of nitrogens with zero attached hydrogens (tertiary/aromatic N) is 4. The topological polar surface area (TPSA) is 61.4 Å². The van der Waals surface area contributed by atoms with E-state index < -0.39 is 0 Å². The summed E-state index contributed by atoms with van der Waals surface area (Å²) >= 11 is 0. The van der Waals surface area contributed by atoms with Gasteiger partial charge in [-0.05, 0) is 44.5 Å². The molecule has 6 heteroatoms. The van der Waals surface area contributed by atoms with Gasteiger partial charge in [0.1, 0.15) is 12.1 Å². The molecule has 0 amide bonds. The molecule has 3 heterocycles. The number of hydrogen-bond donors (Lipinski definition) is 1. The molecular formula is C28H33N5O. The normalized spacial score (nSPS) is 16.4. The summed E-state index contributed by atoms with van der Waals surface area (Å²) < 4.78 is 0. The van der Waals surface area contributed by atoms with Crippen LogP contribution in [0.15, 0.2) is 54.6 Å². The van der Waals surface area contributed by atoms with Crippen LogP contribution in [0.1, 0.15) is 46.4 Å². The largest absolute Gasteiger partial charge is 0.370 e. The van der Waals surface area contributed by atoms with E-state index in [0.717, 1.165) is 74.8 Å². The van der Waals surface area contributed by atoms with E-state index in [-0.39, 0.29) is 0 Å². The van der Waals surface area contributed by atoms with Gasteiger partial charge in [-0.1, -0.05) is 54.6 Å². The van der Waals surface area contributed by atoms with Gasteiger partial charge >= 0.3 is 0 Å². The molecule has 0 spiro atoms. The molecular weight excluding hydrogens is 422 g/mol. The van der Waals surface area contributed by atoms with E-state index in [2.05, 4.69) is 45.4 Å². The second kappa shape index (κ2) is 10.9. The van der Waals surface area contributed by atoms with E-state index in [1.165, 1.54) is 37.1 Å². The fourth-order valence-corrected chi connectivity index (χ4v) is 4.95. The number of likely N-dealkylation sites (tertiary alicyclic amines) is 1. The number of anilines is 1. The van der Waals surface area contributed by atoms with Crippen LogP contribution in [0.3, 0.4) is 0 Å². The van der Waals surface area contributed by atoms with E-state index >= 15 is 0 Å². The second-order valence-corrected chi connectivity index (χ2v) is 9.34. The smallest absolute Gasteiger partial charge is 0.161 e. The zero-order valence-corrected chi connectivity index (χ0v) is 19.7. The van der Waals surface area contributed by atoms with Crippen LogP contribution in [0.5, 0.6) is 0 Å². The van der Waals surface area contributed by atoms with Crippen LogP contribution in [-0.4, -0.2) is 58.8 Å². The Morgan fingerprint density at radius 2 is 1.71 bits per heavy atom. The Bertz CT molecular complexity index is 1090. The standard InChI is InChI=1S/C28H33N5O/c34-21-23-9-11-24(12-10-23)27-30-26-13-18-33(19-22-7-2-1-3-8-22)20-25(26)28(31-27)29-14-6-17-32-15-4-5-16-32/h1-3,7-12,21H,4-6,13-20H2,(H,29,30,31). The Hall–Kier alpha value is -3.09. The molecule has 5 rings (SSSR count). The van der Waals surface area contributed by atoms with E-state index in [4.69, 9.17) is 9.97 Å². The lowest BCUT2D eigenvalue weighted by atomic mass is 10.0. The summed E-state index contributed by atoms with van der Waals surface area (Å²) in [7, 11) is 0. The van der Waals surface area contributed by atoms with Crippen molar-refractivity contribution in [1.82, 2.24) is 19.8 Å². The number of nitrogens with one attached hydrogen (secondary N) is 1. The summed E-state index contributed by atoms with van der Waals surface area (Å²) in [6.07, 6.45) is 5.54. The number of aldehydes is 1. The highest BCUT2D eigenvalue weighted by Crippen LogP contribution is 2.28. The predicted molar refractivity (Wildman–Crippen MR) is 136 cm³/mol. The molecule has 1 saturated heterocycles. The van der Waals surface area contributed by atoms with Crippen molar-refractivity contribution >= 4 is 12.1 Å². The molecule has 0 unspecified atom stereocenters. The number of aromatic nitrogens is 2. The first-order valence-corrected chi connectivity index (χ1v) is 12.5. The van der Waals surface area contributed by atoms with Crippen LogP contribution in [0.25, 0.3) is 11.4 Å². The van der Waals surface area contributed by atoms with Crippen LogP contribution >= 0.6 is 0 Å². The van der Waals surface area contributed by atoms with Crippen LogP contribution in [0.2, 0.25) is 0 Å². The summed E-state index contributed by atoms with van der Waals surface area (Å²) in [6.45, 7) is 7.28. The number of benzene rings is 2. The summed E-state index contributed by atoms with van der Waals surface area (Å²) in [5.41, 5.74) is 5.30. The molecule has 2 aliphatic heterocycles. The highest BCUT2D eigenvalue weighted by Gasteiger charge is 2.23. The molecule has 2 aromatic carbocycles. The average Bonchev–Trinajstić information content (AvgIpc) is 3.41. The molecule has 34 heavy (non-hydrogen) atoms. The lowest BCUT2D eigenvalue weighted by molar-refractivity contribution is 0.112. The fraction of sp³-hybridized carbons (Fsp3) is 0.393. The number of fused-ring (bicyclic) bond motifs is 1. The molecule has 0 bridgehead atoms. The molecule has 1 N–H and O–H groups in total. The molecule has 1 fully saturated rings. The summed E-state index contributed by atoms with van der Waals surface area (Å²) in [5.74, 6) is 1.69. The molecule has 0 atom stereocenters. The Balaban J connectivity index is 1.35. The number of hydrogen-bond acceptors (Lipinski definition) is 6. The van der Waals surface area contributed by atoms with Gasteiger partial charge < -0.3 is 10.2 Å². The van der Waals surface area contributed by atoms with Crippen LogP contribution in [-0.2, 0) is 19.5 Å². The second-order valence-electron chi connectivity index (χ2n) is 9.34. The van der Waals surface area contributed by atoms with Crippen LogP contribution in [0.4, 0.5) is 5.82 Å². The average molecular weight is 456 g/mol. The summed E-state index contributed by atoms with van der Waals surface area (Å²) in [4.78, 5) is 26.0. The fourth-order valence-electron chi connectivity index (χ4n) is 4.95. The minimum atomic E-state index is 0.665. The maximum Gasteiger partial charge on any atom is 0.161 e. The first kappa shape index (κ1) is 22.7. The number of carbonyl (C=O) groups is 1. The van der Waals surface area contributed by atoms with Gasteiger partial charge in [-0.25, -0.2) is 9.97 Å². The molecule has 3 aromatic rings. The SMILES string of the molecule is O=Cc1ccc(-c2nc3c(c(NCCCN4CCCC4)n2)CN(Cc2ccccc2)CC3)cc1. The highest BCUT2D eigenvalue weighted by molar-refractivity contribution is 5.76. The third-order valence-corrected chi connectivity index (χ3v) is 6.84. The lowest BCUT2D eigenvalue weighted by Crippen LogP contribution is -2.32. The van der Waals surface area contributed by atoms with Crippen molar-refractivity contribution in [2.75, 3.05) is 38.0 Å². The molecule has 176 valence electrons. The van der Waals surface area contributed by atoms with Crippen molar-refractivity contribution in [1.29, 1.82) is 0 Å². The Labute approximate surface area is 202 Å². The molecule has 0 aliphatic carbocycles. The van der Waals surface area contributed by atoms with Crippen LogP contribution < -0.4 is 5.32 Å². The molecule has 1 aromatic heterocycles. The number of carbonyl (C=O) groups excluding carboxylic acids is 1. The van der Waals surface area contributed by atoms with Crippen molar-refractivity contribution in [2.24, 2.45) is 0 Å². The summed E-state index contributed by atoms with van der Waals surface area (Å²) in [6, 6.07) is 18.2. The maximum absolute atomic E-state index is 11.1. The van der Waals surface area contributed by atoms with E-state index in [9.17, 15) is 4.79 Å². The minimum absolute atomic E-state index is 0.665. The van der Waals surface area contributed by atoms with E-state index in [1.54, 1.807) is 0 Å². The van der Waals surface area contributed by atoms with Gasteiger partial charge in [0.05, 0.1) is 5.69 Å². The van der Waals surface area contributed by atoms with Crippen molar-refractivity contribution in [3.8, 4) is 11.4 Å². The first-order valence-electron chi connectivity index (χ1n) is 12.5. The minimum Gasteiger partial charge on any atom is -0.370 e. The van der Waals surface area contributed by atoms with Crippen molar-refractivity contribution < 1.29 is 4.79 Å². The third kappa shape index (κ3) is 5.51. The highest BCUT2D eigenvalue weighted by atomic mass is 16.1. The van der Waals surface area contributed by atoms with Crippen molar-refractivity contribution in [2.45, 2.75) is 38.8 Å². The monoisotopic (exact) mass is 455 g/mol. The Kier molecular flexibility index (Phi) is 7.27. The Morgan fingerprint density at radius 1 is 0.912 bits per heavy atom. The van der Waals surface area contributed by atoms with Gasteiger partial charge in [0.25, 0.3) is 0 Å². The first-order chi connectivity index (χ1) is 16.8. The zero-order valence-electron chi connectivity index (χ0n) is 19.7. The predicted octanol–water partition coefficient (Wildman–Crippen LogP) is 4.41.